The Morgan fingerprint density at radius 2 is 1.74 bits per heavy atom. The van der Waals surface area contributed by atoms with Gasteiger partial charge in [0, 0.05) is 5.92 Å². The van der Waals surface area contributed by atoms with Gasteiger partial charge in [-0.3, -0.25) is 0 Å². The Labute approximate surface area is 209 Å². The van der Waals surface area contributed by atoms with E-state index in [1.54, 1.807) is 27.4 Å². The predicted octanol–water partition coefficient (Wildman–Crippen LogP) is 5.30. The minimum absolute atomic E-state index is 0. The summed E-state index contributed by atoms with van der Waals surface area (Å²) in [6.07, 6.45) is 3.89. The monoisotopic (exact) mass is 495 g/mol. The molecule has 0 saturated heterocycles. The topological polar surface area (TPSA) is 60.0 Å². The van der Waals surface area contributed by atoms with E-state index < -0.39 is 5.60 Å². The number of methoxy groups -OCH3 is 3. The van der Waals surface area contributed by atoms with Crippen molar-refractivity contribution in [2.45, 2.75) is 57.5 Å². The van der Waals surface area contributed by atoms with Crippen LogP contribution in [0.5, 0.6) is 17.2 Å². The third-order valence-electron chi connectivity index (χ3n) is 6.79. The molecule has 2 unspecified atom stereocenters. The van der Waals surface area contributed by atoms with Gasteiger partial charge in [0.1, 0.15) is 5.82 Å². The highest BCUT2D eigenvalue weighted by atomic mass is 35.5. The molecule has 34 heavy (non-hydrogen) atoms. The fourth-order valence-corrected chi connectivity index (χ4v) is 5.28. The summed E-state index contributed by atoms with van der Waals surface area (Å²) < 4.78 is 29.9. The molecule has 2 atom stereocenters. The summed E-state index contributed by atoms with van der Waals surface area (Å²) in [5.74, 6) is 2.03. The molecule has 0 aliphatic heterocycles. The first kappa shape index (κ1) is 28.2. The van der Waals surface area contributed by atoms with Gasteiger partial charge in [0.05, 0.1) is 26.9 Å². The van der Waals surface area contributed by atoms with E-state index >= 15 is 0 Å². The summed E-state index contributed by atoms with van der Waals surface area (Å²) in [7, 11) is 4.85. The van der Waals surface area contributed by atoms with Crippen LogP contribution >= 0.6 is 12.4 Å². The highest BCUT2D eigenvalue weighted by Crippen LogP contribution is 2.45. The van der Waals surface area contributed by atoms with Gasteiger partial charge in [-0.05, 0) is 92.1 Å². The van der Waals surface area contributed by atoms with E-state index in [1.807, 2.05) is 18.2 Å². The van der Waals surface area contributed by atoms with Crippen LogP contribution in [0.3, 0.4) is 0 Å². The van der Waals surface area contributed by atoms with Crippen LogP contribution in [0.25, 0.3) is 0 Å². The maximum atomic E-state index is 13.7. The predicted molar refractivity (Wildman–Crippen MR) is 136 cm³/mol. The van der Waals surface area contributed by atoms with Crippen LogP contribution in [0.15, 0.2) is 30.3 Å². The lowest BCUT2D eigenvalue weighted by Crippen LogP contribution is -2.45. The Hall–Kier alpha value is -2.02. The molecule has 0 fully saturated rings. The lowest BCUT2D eigenvalue weighted by atomic mass is 9.66. The molecule has 1 aliphatic carbocycles. The molecule has 3 rings (SSSR count). The van der Waals surface area contributed by atoms with Gasteiger partial charge in [-0.2, -0.15) is 0 Å². The number of aryl methyl sites for hydroxylation is 2. The zero-order valence-corrected chi connectivity index (χ0v) is 21.8. The Morgan fingerprint density at radius 3 is 2.32 bits per heavy atom. The third kappa shape index (κ3) is 6.35. The minimum Gasteiger partial charge on any atom is -0.493 e. The fraction of sp³-hybridized carbons (Fsp3) is 0.556. The molecule has 190 valence electrons. The quantitative estimate of drug-likeness (QED) is 0.414. The lowest BCUT2D eigenvalue weighted by Gasteiger charge is -2.44. The fourth-order valence-electron chi connectivity index (χ4n) is 5.28. The molecule has 1 aliphatic rings. The van der Waals surface area contributed by atoms with E-state index in [0.717, 1.165) is 42.6 Å². The molecule has 2 aromatic carbocycles. The number of ether oxygens (including phenoxy) is 3. The van der Waals surface area contributed by atoms with E-state index in [4.69, 9.17) is 14.2 Å². The molecule has 0 aromatic heterocycles. The molecule has 0 bridgehead atoms. The summed E-state index contributed by atoms with van der Waals surface area (Å²) in [6, 6.07) is 8.98. The zero-order valence-electron chi connectivity index (χ0n) is 20.9. The van der Waals surface area contributed by atoms with Crippen molar-refractivity contribution in [2.75, 3.05) is 34.4 Å². The van der Waals surface area contributed by atoms with Crippen LogP contribution < -0.4 is 19.5 Å². The lowest BCUT2D eigenvalue weighted by molar-refractivity contribution is -0.0241. The highest BCUT2D eigenvalue weighted by Gasteiger charge is 2.42. The summed E-state index contributed by atoms with van der Waals surface area (Å²) in [5, 5.41) is 15.0. The normalized spacial score (nSPS) is 19.4. The number of aliphatic hydroxyl groups is 1. The number of rotatable bonds is 11. The number of nitrogens with one attached hydrogen (secondary N) is 1. The van der Waals surface area contributed by atoms with Crippen molar-refractivity contribution in [1.82, 2.24) is 5.32 Å². The third-order valence-corrected chi connectivity index (χ3v) is 6.79. The van der Waals surface area contributed by atoms with Gasteiger partial charge in [-0.25, -0.2) is 4.39 Å². The van der Waals surface area contributed by atoms with E-state index in [1.165, 1.54) is 6.07 Å². The Morgan fingerprint density at radius 1 is 1.06 bits per heavy atom. The van der Waals surface area contributed by atoms with Crippen molar-refractivity contribution >= 4 is 12.4 Å². The van der Waals surface area contributed by atoms with Crippen molar-refractivity contribution in [3.63, 3.8) is 0 Å². The van der Waals surface area contributed by atoms with E-state index in [-0.39, 0.29) is 30.1 Å². The second-order valence-electron chi connectivity index (χ2n) is 9.31. The Kier molecular flexibility index (Phi) is 10.5. The van der Waals surface area contributed by atoms with Crippen LogP contribution in [0.4, 0.5) is 4.39 Å². The number of fused-ring (bicyclic) bond motifs is 1. The smallest absolute Gasteiger partial charge is 0.203 e. The van der Waals surface area contributed by atoms with Gasteiger partial charge in [0.2, 0.25) is 5.75 Å². The van der Waals surface area contributed by atoms with Crippen LogP contribution in [-0.4, -0.2) is 45.1 Å². The highest BCUT2D eigenvalue weighted by molar-refractivity contribution is 5.85. The number of hydrogen-bond donors (Lipinski definition) is 2. The first-order valence-electron chi connectivity index (χ1n) is 11.8. The average Bonchev–Trinajstić information content (AvgIpc) is 2.80. The minimum atomic E-state index is -0.775. The average molecular weight is 496 g/mol. The molecular weight excluding hydrogens is 457 g/mol. The SMILES string of the molecule is COc1cc(CCCNCCC2(O)CCc3cc(F)ccc3C2C(C)C)cc(OC)c1OC.Cl. The zero-order chi connectivity index (χ0) is 24.0. The molecule has 0 saturated carbocycles. The molecular formula is C27H39ClFNO4. The molecule has 7 heteroatoms. The van der Waals surface area contributed by atoms with Gasteiger partial charge in [0.15, 0.2) is 11.5 Å². The van der Waals surface area contributed by atoms with Crippen LogP contribution in [0.2, 0.25) is 0 Å². The Bertz CT molecular complexity index is 914. The number of benzene rings is 2. The van der Waals surface area contributed by atoms with Gasteiger partial charge in [-0.15, -0.1) is 12.4 Å². The summed E-state index contributed by atoms with van der Waals surface area (Å²) in [4.78, 5) is 0. The summed E-state index contributed by atoms with van der Waals surface area (Å²) >= 11 is 0. The Balaban J connectivity index is 0.00000408. The first-order valence-corrected chi connectivity index (χ1v) is 11.8. The van der Waals surface area contributed by atoms with Crippen molar-refractivity contribution in [3.8, 4) is 17.2 Å². The van der Waals surface area contributed by atoms with E-state index in [2.05, 4.69) is 19.2 Å². The first-order chi connectivity index (χ1) is 15.8. The van der Waals surface area contributed by atoms with Gasteiger partial charge < -0.3 is 24.6 Å². The molecule has 0 spiro atoms. The summed E-state index contributed by atoms with van der Waals surface area (Å²) in [6.45, 7) is 5.87. The second kappa shape index (κ2) is 12.6. The van der Waals surface area contributed by atoms with Crippen molar-refractivity contribution in [1.29, 1.82) is 0 Å². The van der Waals surface area contributed by atoms with Crippen molar-refractivity contribution < 1.29 is 23.7 Å². The van der Waals surface area contributed by atoms with Gasteiger partial charge >= 0.3 is 0 Å². The number of halogens is 2. The maximum absolute atomic E-state index is 13.7. The van der Waals surface area contributed by atoms with Crippen molar-refractivity contribution in [3.05, 3.63) is 52.8 Å². The largest absolute Gasteiger partial charge is 0.493 e. The molecule has 0 amide bonds. The number of hydrogen-bond acceptors (Lipinski definition) is 5. The van der Waals surface area contributed by atoms with Crippen LogP contribution in [0, 0.1) is 11.7 Å². The second-order valence-corrected chi connectivity index (χ2v) is 9.31. The van der Waals surface area contributed by atoms with Gasteiger partial charge in [-0.1, -0.05) is 19.9 Å². The van der Waals surface area contributed by atoms with E-state index in [9.17, 15) is 9.50 Å². The van der Waals surface area contributed by atoms with Crippen LogP contribution in [-0.2, 0) is 12.8 Å². The molecule has 2 aromatic rings. The van der Waals surface area contributed by atoms with Crippen molar-refractivity contribution in [2.24, 2.45) is 5.92 Å². The molecule has 0 heterocycles. The molecule has 0 radical (unpaired) electrons. The standard InChI is InChI=1S/C27H38FNO4.ClH/c1-18(2)25-22-9-8-21(28)17-20(22)10-11-27(25,30)12-14-29-13-6-7-19-15-23(31-3)26(33-5)24(16-19)32-4;/h8-9,15-18,25,29-30H,6-7,10-14H2,1-5H3;1H. The van der Waals surface area contributed by atoms with Crippen LogP contribution in [0.1, 0.15) is 55.7 Å². The van der Waals surface area contributed by atoms with E-state index in [0.29, 0.717) is 36.5 Å². The van der Waals surface area contributed by atoms with Gasteiger partial charge in [0.25, 0.3) is 0 Å². The molecule has 5 nitrogen and oxygen atoms in total. The maximum Gasteiger partial charge on any atom is 0.203 e. The molecule has 2 N–H and O–H groups in total. The summed E-state index contributed by atoms with van der Waals surface area (Å²) in [5.41, 5.74) is 2.49.